The van der Waals surface area contributed by atoms with E-state index in [-0.39, 0.29) is 24.9 Å². The first-order chi connectivity index (χ1) is 11.4. The van der Waals surface area contributed by atoms with Gasteiger partial charge in [-0.25, -0.2) is 0 Å². The van der Waals surface area contributed by atoms with Gasteiger partial charge in [0.15, 0.2) is 11.5 Å². The van der Waals surface area contributed by atoms with E-state index in [0.717, 1.165) is 0 Å². The fraction of sp³-hybridized carbons (Fsp3) is 0.438. The minimum atomic E-state index is -0.919. The first kappa shape index (κ1) is 19.3. The second-order valence-electron chi connectivity index (χ2n) is 5.15. The van der Waals surface area contributed by atoms with Gasteiger partial charge in [-0.2, -0.15) is 0 Å². The molecule has 0 saturated heterocycles. The first-order valence-corrected chi connectivity index (χ1v) is 7.38. The summed E-state index contributed by atoms with van der Waals surface area (Å²) in [5.41, 5.74) is 0.333. The van der Waals surface area contributed by atoms with Crippen LogP contribution in [0.5, 0.6) is 11.5 Å². The van der Waals surface area contributed by atoms with Crippen molar-refractivity contribution in [2.75, 3.05) is 20.8 Å². The van der Waals surface area contributed by atoms with Gasteiger partial charge in [0.05, 0.1) is 20.8 Å². The fourth-order valence-electron chi connectivity index (χ4n) is 1.98. The average molecular weight is 338 g/mol. The van der Waals surface area contributed by atoms with Crippen LogP contribution in [-0.2, 0) is 9.59 Å². The Balaban J connectivity index is 2.50. The molecule has 8 nitrogen and oxygen atoms in total. The maximum Gasteiger partial charge on any atom is 0.303 e. The molecular weight excluding hydrogens is 316 g/mol. The van der Waals surface area contributed by atoms with Crippen molar-refractivity contribution < 1.29 is 29.0 Å². The van der Waals surface area contributed by atoms with Crippen LogP contribution in [0.25, 0.3) is 0 Å². The van der Waals surface area contributed by atoms with Crippen LogP contribution in [0.1, 0.15) is 30.1 Å². The second-order valence-corrected chi connectivity index (χ2v) is 5.15. The predicted molar refractivity (Wildman–Crippen MR) is 86.4 cm³/mol. The van der Waals surface area contributed by atoms with Gasteiger partial charge in [0.25, 0.3) is 5.91 Å². The molecule has 1 aromatic carbocycles. The van der Waals surface area contributed by atoms with E-state index >= 15 is 0 Å². The lowest BCUT2D eigenvalue weighted by Crippen LogP contribution is -2.41. The molecule has 8 heteroatoms. The van der Waals surface area contributed by atoms with Gasteiger partial charge >= 0.3 is 5.97 Å². The summed E-state index contributed by atoms with van der Waals surface area (Å²) in [7, 11) is 2.96. The monoisotopic (exact) mass is 338 g/mol. The van der Waals surface area contributed by atoms with Crippen LogP contribution in [0.3, 0.4) is 0 Å². The Morgan fingerprint density at radius 1 is 1.17 bits per heavy atom. The summed E-state index contributed by atoms with van der Waals surface area (Å²) in [5, 5.41) is 13.7. The molecule has 0 aliphatic rings. The molecule has 1 atom stereocenters. The van der Waals surface area contributed by atoms with Crippen LogP contribution in [0.2, 0.25) is 0 Å². The van der Waals surface area contributed by atoms with Gasteiger partial charge < -0.3 is 25.2 Å². The zero-order valence-electron chi connectivity index (χ0n) is 13.9. The number of amides is 2. The number of nitrogens with one attached hydrogen (secondary N) is 2. The van der Waals surface area contributed by atoms with Crippen LogP contribution in [-0.4, -0.2) is 49.7 Å². The lowest BCUT2D eigenvalue weighted by Gasteiger charge is -2.13. The summed E-state index contributed by atoms with van der Waals surface area (Å²) in [6, 6.07) is 4.39. The molecule has 0 spiro atoms. The second kappa shape index (κ2) is 9.39. The molecule has 0 aliphatic carbocycles. The molecule has 1 aromatic rings. The van der Waals surface area contributed by atoms with Gasteiger partial charge in [-0.15, -0.1) is 0 Å². The van der Waals surface area contributed by atoms with E-state index in [4.69, 9.17) is 14.6 Å². The van der Waals surface area contributed by atoms with Crippen molar-refractivity contribution >= 4 is 17.8 Å². The van der Waals surface area contributed by atoms with Crippen LogP contribution in [0.4, 0.5) is 0 Å². The third-order valence-corrected chi connectivity index (χ3v) is 3.25. The van der Waals surface area contributed by atoms with E-state index in [2.05, 4.69) is 10.6 Å². The highest BCUT2D eigenvalue weighted by atomic mass is 16.5. The fourth-order valence-corrected chi connectivity index (χ4v) is 1.98. The summed E-state index contributed by atoms with van der Waals surface area (Å²) in [5.74, 6) is -0.820. The number of carboxylic acids is 1. The van der Waals surface area contributed by atoms with Gasteiger partial charge in [0, 0.05) is 18.0 Å². The highest BCUT2D eigenvalue weighted by Gasteiger charge is 2.13. The molecule has 0 fully saturated rings. The Hall–Kier alpha value is -2.77. The molecule has 24 heavy (non-hydrogen) atoms. The van der Waals surface area contributed by atoms with Gasteiger partial charge in [-0.1, -0.05) is 0 Å². The van der Waals surface area contributed by atoms with Crippen LogP contribution in [0, 0.1) is 0 Å². The maximum absolute atomic E-state index is 12.1. The Kier molecular flexibility index (Phi) is 7.54. The number of hydrogen-bond donors (Lipinski definition) is 3. The SMILES string of the molecule is COc1ccc(C(=O)NCC(=O)NC(C)CCC(=O)O)cc1OC. The lowest BCUT2D eigenvalue weighted by atomic mass is 10.2. The standard InChI is InChI=1S/C16H22N2O6/c1-10(4-7-15(20)21)18-14(19)9-17-16(22)11-5-6-12(23-2)13(8-11)24-3/h5-6,8,10H,4,7,9H2,1-3H3,(H,17,22)(H,18,19)(H,20,21). The molecule has 132 valence electrons. The van der Waals surface area contributed by atoms with Crippen molar-refractivity contribution in [3.05, 3.63) is 23.8 Å². The minimum absolute atomic E-state index is 0.0283. The number of carbonyl (C=O) groups is 3. The van der Waals surface area contributed by atoms with Gasteiger partial charge in [0.2, 0.25) is 5.91 Å². The summed E-state index contributed by atoms with van der Waals surface area (Å²) in [4.78, 5) is 34.3. The summed E-state index contributed by atoms with van der Waals surface area (Å²) in [6.45, 7) is 1.50. The topological polar surface area (TPSA) is 114 Å². The average Bonchev–Trinajstić information content (AvgIpc) is 2.57. The van der Waals surface area contributed by atoms with Crippen molar-refractivity contribution in [1.29, 1.82) is 0 Å². The Bertz CT molecular complexity index is 602. The summed E-state index contributed by atoms with van der Waals surface area (Å²) in [6.07, 6.45) is 0.296. The molecule has 3 N–H and O–H groups in total. The minimum Gasteiger partial charge on any atom is -0.493 e. The number of carbonyl (C=O) groups excluding carboxylic acids is 2. The predicted octanol–water partition coefficient (Wildman–Crippen LogP) is 0.803. The number of ether oxygens (including phenoxy) is 2. The van der Waals surface area contributed by atoms with E-state index < -0.39 is 11.9 Å². The van der Waals surface area contributed by atoms with Crippen molar-refractivity contribution in [1.82, 2.24) is 10.6 Å². The van der Waals surface area contributed by atoms with Crippen molar-refractivity contribution in [2.24, 2.45) is 0 Å². The van der Waals surface area contributed by atoms with Crippen LogP contribution in [0.15, 0.2) is 18.2 Å². The number of benzene rings is 1. The van der Waals surface area contributed by atoms with Crippen molar-refractivity contribution in [3.63, 3.8) is 0 Å². The molecule has 0 radical (unpaired) electrons. The molecular formula is C16H22N2O6. The molecule has 0 aromatic heterocycles. The Morgan fingerprint density at radius 2 is 1.83 bits per heavy atom. The normalized spacial score (nSPS) is 11.3. The zero-order chi connectivity index (χ0) is 18.1. The van der Waals surface area contributed by atoms with E-state index in [1.165, 1.54) is 20.3 Å². The third-order valence-electron chi connectivity index (χ3n) is 3.25. The van der Waals surface area contributed by atoms with E-state index in [0.29, 0.717) is 23.5 Å². The van der Waals surface area contributed by atoms with Crippen molar-refractivity contribution in [2.45, 2.75) is 25.8 Å². The molecule has 1 unspecified atom stereocenters. The Morgan fingerprint density at radius 3 is 2.42 bits per heavy atom. The number of aliphatic carboxylic acids is 1. The zero-order valence-corrected chi connectivity index (χ0v) is 13.9. The number of carboxylic acid groups (broad SMARTS) is 1. The van der Waals surface area contributed by atoms with Crippen LogP contribution >= 0.6 is 0 Å². The number of methoxy groups -OCH3 is 2. The van der Waals surface area contributed by atoms with Gasteiger partial charge in [-0.3, -0.25) is 14.4 Å². The summed E-state index contributed by atoms with van der Waals surface area (Å²) < 4.78 is 10.2. The molecule has 0 bridgehead atoms. The Labute approximate surface area is 140 Å². The van der Waals surface area contributed by atoms with E-state index in [1.54, 1.807) is 19.1 Å². The van der Waals surface area contributed by atoms with Crippen LogP contribution < -0.4 is 20.1 Å². The molecule has 0 heterocycles. The highest BCUT2D eigenvalue weighted by molar-refractivity contribution is 5.97. The number of rotatable bonds is 9. The largest absolute Gasteiger partial charge is 0.493 e. The van der Waals surface area contributed by atoms with E-state index in [1.807, 2.05) is 0 Å². The molecule has 2 amide bonds. The van der Waals surface area contributed by atoms with Gasteiger partial charge in [0.1, 0.15) is 0 Å². The smallest absolute Gasteiger partial charge is 0.303 e. The lowest BCUT2D eigenvalue weighted by molar-refractivity contribution is -0.137. The highest BCUT2D eigenvalue weighted by Crippen LogP contribution is 2.27. The molecule has 1 rings (SSSR count). The number of hydrogen-bond acceptors (Lipinski definition) is 5. The maximum atomic E-state index is 12.1. The third kappa shape index (κ3) is 6.15. The molecule has 0 saturated carbocycles. The van der Waals surface area contributed by atoms with Crippen molar-refractivity contribution in [3.8, 4) is 11.5 Å². The molecule has 0 aliphatic heterocycles. The quantitative estimate of drug-likeness (QED) is 0.614. The van der Waals surface area contributed by atoms with E-state index in [9.17, 15) is 14.4 Å². The first-order valence-electron chi connectivity index (χ1n) is 7.38. The van der Waals surface area contributed by atoms with Gasteiger partial charge in [-0.05, 0) is 31.5 Å². The summed E-state index contributed by atoms with van der Waals surface area (Å²) >= 11 is 0.